The molecule has 2 aromatic carbocycles. The maximum Gasteiger partial charge on any atom is 0.255 e. The Bertz CT molecular complexity index is 860. The number of carbonyl (C=O) groups is 3. The number of rotatable bonds is 6. The average molecular weight is 368 g/mol. The van der Waals surface area contributed by atoms with Gasteiger partial charge in [0.2, 0.25) is 11.8 Å². The van der Waals surface area contributed by atoms with E-state index in [9.17, 15) is 14.4 Å². The van der Waals surface area contributed by atoms with Crippen molar-refractivity contribution in [3.05, 3.63) is 53.6 Å². The van der Waals surface area contributed by atoms with E-state index >= 15 is 0 Å². The van der Waals surface area contributed by atoms with Crippen molar-refractivity contribution in [1.29, 1.82) is 0 Å². The van der Waals surface area contributed by atoms with Crippen LogP contribution >= 0.6 is 0 Å². The minimum atomic E-state index is -0.304. The Morgan fingerprint density at radius 1 is 1.00 bits per heavy atom. The van der Waals surface area contributed by atoms with Crippen molar-refractivity contribution in [3.63, 3.8) is 0 Å². The van der Waals surface area contributed by atoms with Crippen LogP contribution in [0.25, 0.3) is 0 Å². The first kappa shape index (κ1) is 18.4. The Labute approximate surface area is 156 Å². The molecule has 0 bridgehead atoms. The molecule has 2 aromatic rings. The van der Waals surface area contributed by atoms with Crippen LogP contribution in [-0.2, 0) is 16.1 Å². The molecule has 0 atom stereocenters. The fourth-order valence-electron chi connectivity index (χ4n) is 2.85. The van der Waals surface area contributed by atoms with Crippen molar-refractivity contribution >= 4 is 23.4 Å². The van der Waals surface area contributed by atoms with E-state index in [0.717, 1.165) is 5.56 Å². The van der Waals surface area contributed by atoms with Crippen LogP contribution in [0.1, 0.15) is 28.8 Å². The van der Waals surface area contributed by atoms with Crippen LogP contribution in [-0.4, -0.2) is 36.8 Å². The van der Waals surface area contributed by atoms with Crippen LogP contribution in [0.5, 0.6) is 11.5 Å². The fourth-order valence-corrected chi connectivity index (χ4v) is 2.85. The van der Waals surface area contributed by atoms with Gasteiger partial charge in [0.05, 0.1) is 26.5 Å². The molecule has 3 rings (SSSR count). The van der Waals surface area contributed by atoms with E-state index in [1.807, 2.05) is 0 Å². The summed E-state index contributed by atoms with van der Waals surface area (Å²) >= 11 is 0. The van der Waals surface area contributed by atoms with Gasteiger partial charge in [-0.05, 0) is 29.8 Å². The SMILES string of the molecule is COc1ccc(OC)c(NC(=O)c2ccc(CN3C(=O)CCC3=O)cc2)c1. The van der Waals surface area contributed by atoms with Gasteiger partial charge >= 0.3 is 0 Å². The molecule has 0 aromatic heterocycles. The summed E-state index contributed by atoms with van der Waals surface area (Å²) in [7, 11) is 3.06. The number of anilines is 1. The Balaban J connectivity index is 1.71. The zero-order valence-electron chi connectivity index (χ0n) is 15.2. The van der Waals surface area contributed by atoms with Crippen molar-refractivity contribution in [1.82, 2.24) is 4.90 Å². The summed E-state index contributed by atoms with van der Waals surface area (Å²) in [5, 5.41) is 2.80. The molecule has 7 nitrogen and oxygen atoms in total. The molecular formula is C20H20N2O5. The fraction of sp³-hybridized carbons (Fsp3) is 0.250. The van der Waals surface area contributed by atoms with E-state index in [0.29, 0.717) is 22.7 Å². The van der Waals surface area contributed by atoms with Gasteiger partial charge in [-0.25, -0.2) is 0 Å². The summed E-state index contributed by atoms with van der Waals surface area (Å²) in [6.07, 6.45) is 0.531. The zero-order valence-corrected chi connectivity index (χ0v) is 15.2. The van der Waals surface area contributed by atoms with Crippen LogP contribution in [0.4, 0.5) is 5.69 Å². The van der Waals surface area contributed by atoms with Gasteiger partial charge in [0, 0.05) is 24.5 Å². The monoisotopic (exact) mass is 368 g/mol. The lowest BCUT2D eigenvalue weighted by Crippen LogP contribution is -2.28. The van der Waals surface area contributed by atoms with Crippen molar-refractivity contribution in [2.24, 2.45) is 0 Å². The first-order chi connectivity index (χ1) is 13.0. The lowest BCUT2D eigenvalue weighted by Gasteiger charge is -2.14. The van der Waals surface area contributed by atoms with Crippen LogP contribution in [0.3, 0.4) is 0 Å². The molecule has 1 heterocycles. The predicted molar refractivity (Wildman–Crippen MR) is 98.7 cm³/mol. The van der Waals surface area contributed by atoms with Crippen LogP contribution in [0.2, 0.25) is 0 Å². The lowest BCUT2D eigenvalue weighted by molar-refractivity contribution is -0.139. The minimum Gasteiger partial charge on any atom is -0.497 e. The highest BCUT2D eigenvalue weighted by Gasteiger charge is 2.28. The normalized spacial score (nSPS) is 13.6. The Hall–Kier alpha value is -3.35. The van der Waals surface area contributed by atoms with Crippen molar-refractivity contribution < 1.29 is 23.9 Å². The second-order valence-corrected chi connectivity index (χ2v) is 6.09. The van der Waals surface area contributed by atoms with Gasteiger partial charge in [-0.1, -0.05) is 12.1 Å². The highest BCUT2D eigenvalue weighted by molar-refractivity contribution is 6.05. The van der Waals surface area contributed by atoms with Gasteiger partial charge in [-0.2, -0.15) is 0 Å². The third-order valence-electron chi connectivity index (χ3n) is 4.37. The lowest BCUT2D eigenvalue weighted by atomic mass is 10.1. The van der Waals surface area contributed by atoms with Gasteiger partial charge in [0.25, 0.3) is 5.91 Å². The topological polar surface area (TPSA) is 84.9 Å². The number of nitrogens with zero attached hydrogens (tertiary/aromatic N) is 1. The largest absolute Gasteiger partial charge is 0.497 e. The van der Waals surface area contributed by atoms with E-state index in [4.69, 9.17) is 9.47 Å². The van der Waals surface area contributed by atoms with Gasteiger partial charge in [-0.15, -0.1) is 0 Å². The number of carbonyl (C=O) groups excluding carboxylic acids is 3. The van der Waals surface area contributed by atoms with Gasteiger partial charge < -0.3 is 14.8 Å². The van der Waals surface area contributed by atoms with Gasteiger partial charge in [0.15, 0.2) is 0 Å². The van der Waals surface area contributed by atoms with Gasteiger partial charge in [-0.3, -0.25) is 19.3 Å². The quantitative estimate of drug-likeness (QED) is 0.792. The van der Waals surface area contributed by atoms with E-state index in [1.54, 1.807) is 49.6 Å². The molecule has 0 aliphatic carbocycles. The number of methoxy groups -OCH3 is 2. The first-order valence-corrected chi connectivity index (χ1v) is 8.47. The third kappa shape index (κ3) is 4.08. The highest BCUT2D eigenvalue weighted by Crippen LogP contribution is 2.29. The van der Waals surface area contributed by atoms with Crippen molar-refractivity contribution in [3.8, 4) is 11.5 Å². The van der Waals surface area contributed by atoms with E-state index in [-0.39, 0.29) is 37.1 Å². The molecule has 27 heavy (non-hydrogen) atoms. The first-order valence-electron chi connectivity index (χ1n) is 8.47. The number of likely N-dealkylation sites (tertiary alicyclic amines) is 1. The molecule has 3 amide bonds. The minimum absolute atomic E-state index is 0.160. The molecule has 0 unspecified atom stereocenters. The summed E-state index contributed by atoms with van der Waals surface area (Å²) in [6, 6.07) is 11.9. The number of ether oxygens (including phenoxy) is 2. The summed E-state index contributed by atoms with van der Waals surface area (Å²) in [5.41, 5.74) is 1.73. The predicted octanol–water partition coefficient (Wildman–Crippen LogP) is 2.61. The second-order valence-electron chi connectivity index (χ2n) is 6.09. The summed E-state index contributed by atoms with van der Waals surface area (Å²) in [5.74, 6) is 0.494. The van der Waals surface area contributed by atoms with E-state index in [1.165, 1.54) is 12.0 Å². The molecule has 0 spiro atoms. The number of hydrogen-bond acceptors (Lipinski definition) is 5. The number of imide groups is 1. The van der Waals surface area contributed by atoms with Crippen molar-refractivity contribution in [2.45, 2.75) is 19.4 Å². The molecule has 1 aliphatic heterocycles. The van der Waals surface area contributed by atoms with Gasteiger partial charge in [0.1, 0.15) is 11.5 Å². The third-order valence-corrected chi connectivity index (χ3v) is 4.37. The Morgan fingerprint density at radius 2 is 1.67 bits per heavy atom. The van der Waals surface area contributed by atoms with Crippen molar-refractivity contribution in [2.75, 3.05) is 19.5 Å². The highest BCUT2D eigenvalue weighted by atomic mass is 16.5. The molecule has 0 saturated carbocycles. The second kappa shape index (κ2) is 7.90. The van der Waals surface area contributed by atoms with Crippen LogP contribution in [0, 0.1) is 0 Å². The zero-order chi connectivity index (χ0) is 19.4. The van der Waals surface area contributed by atoms with E-state index < -0.39 is 0 Å². The molecule has 7 heteroatoms. The van der Waals surface area contributed by atoms with Crippen LogP contribution in [0.15, 0.2) is 42.5 Å². The number of nitrogens with one attached hydrogen (secondary N) is 1. The Kier molecular flexibility index (Phi) is 5.40. The molecule has 1 saturated heterocycles. The Morgan fingerprint density at radius 3 is 2.26 bits per heavy atom. The summed E-state index contributed by atoms with van der Waals surface area (Å²) < 4.78 is 10.4. The molecule has 1 fully saturated rings. The molecule has 140 valence electrons. The molecule has 1 N–H and O–H groups in total. The average Bonchev–Trinajstić information content (AvgIpc) is 3.00. The number of hydrogen-bond donors (Lipinski definition) is 1. The maximum absolute atomic E-state index is 12.5. The smallest absolute Gasteiger partial charge is 0.255 e. The molecule has 0 radical (unpaired) electrons. The molecule has 1 aliphatic rings. The van der Waals surface area contributed by atoms with Crippen LogP contribution < -0.4 is 14.8 Å². The number of amides is 3. The standard InChI is InChI=1S/C20H20N2O5/c1-26-15-7-8-17(27-2)16(11-15)21-20(25)14-5-3-13(4-6-14)12-22-18(23)9-10-19(22)24/h3-8,11H,9-10,12H2,1-2H3,(H,21,25). The maximum atomic E-state index is 12.5. The van der Waals surface area contributed by atoms with E-state index in [2.05, 4.69) is 5.32 Å². The summed E-state index contributed by atoms with van der Waals surface area (Å²) in [6.45, 7) is 0.225. The summed E-state index contributed by atoms with van der Waals surface area (Å²) in [4.78, 5) is 37.2. The number of benzene rings is 2. The molecular weight excluding hydrogens is 348 g/mol.